The van der Waals surface area contributed by atoms with Crippen molar-refractivity contribution in [3.8, 4) is 0 Å². The summed E-state index contributed by atoms with van der Waals surface area (Å²) < 4.78 is 0.661. The number of hydrogen-bond acceptors (Lipinski definition) is 3. The number of rotatable bonds is 5. The van der Waals surface area contributed by atoms with Gasteiger partial charge >= 0.3 is 0 Å². The highest BCUT2D eigenvalue weighted by Gasteiger charge is 2.06. The van der Waals surface area contributed by atoms with Crippen LogP contribution in [0.3, 0.4) is 0 Å². The number of nitrogens with one attached hydrogen (secondary N) is 2. The number of hydrogen-bond donors (Lipinski definition) is 2. The number of carbonyl (C=O) groups is 1. The van der Waals surface area contributed by atoms with Crippen LogP contribution in [0.4, 0.5) is 0 Å². The molecule has 2 heterocycles. The van der Waals surface area contributed by atoms with Gasteiger partial charge in [0.25, 0.3) is 5.91 Å². The number of pyridine rings is 1. The van der Waals surface area contributed by atoms with Crippen LogP contribution in [-0.4, -0.2) is 27.6 Å². The quantitative estimate of drug-likeness (QED) is 0.655. The summed E-state index contributed by atoms with van der Waals surface area (Å²) in [5.74, 6) is -0.148. The second-order valence-corrected chi connectivity index (χ2v) is 5.04. The Kier molecular flexibility index (Phi) is 4.68. The number of carbonyl (C=O) groups excluding carboxylic acids is 1. The van der Waals surface area contributed by atoms with Crippen molar-refractivity contribution in [2.45, 2.75) is 19.8 Å². The molecule has 2 rings (SSSR count). The number of halogens is 1. The summed E-state index contributed by atoms with van der Waals surface area (Å²) in [6.07, 6.45) is 3.60. The highest BCUT2D eigenvalue weighted by molar-refractivity contribution is 9.10. The van der Waals surface area contributed by atoms with Crippen LogP contribution in [-0.2, 0) is 6.42 Å². The van der Waals surface area contributed by atoms with E-state index in [1.165, 1.54) is 5.56 Å². The molecular weight excluding hydrogens is 308 g/mol. The summed E-state index contributed by atoms with van der Waals surface area (Å²) in [6, 6.07) is 5.28. The standard InChI is InChI=1S/C13H15BrN4O/c1-9-10(8-16-18-9)4-3-7-15-13(19)11-5-2-6-12(14)17-11/h2,5-6,8H,3-4,7H2,1H3,(H,15,19)(H,16,18). The average Bonchev–Trinajstić information content (AvgIpc) is 2.80. The highest BCUT2D eigenvalue weighted by atomic mass is 79.9. The molecule has 19 heavy (non-hydrogen) atoms. The van der Waals surface area contributed by atoms with Crippen LogP contribution in [0.2, 0.25) is 0 Å². The molecule has 0 atom stereocenters. The molecule has 0 aromatic carbocycles. The smallest absolute Gasteiger partial charge is 0.269 e. The van der Waals surface area contributed by atoms with E-state index in [1.807, 2.05) is 13.1 Å². The first-order valence-electron chi connectivity index (χ1n) is 6.06. The first-order chi connectivity index (χ1) is 9.16. The molecule has 0 bridgehead atoms. The Labute approximate surface area is 120 Å². The lowest BCUT2D eigenvalue weighted by atomic mass is 10.1. The van der Waals surface area contributed by atoms with E-state index in [1.54, 1.807) is 18.2 Å². The van der Waals surface area contributed by atoms with Gasteiger partial charge in [0.1, 0.15) is 10.3 Å². The molecule has 0 aliphatic carbocycles. The van der Waals surface area contributed by atoms with Crippen LogP contribution in [0.15, 0.2) is 29.0 Å². The fourth-order valence-electron chi connectivity index (χ4n) is 1.73. The largest absolute Gasteiger partial charge is 0.351 e. The van der Waals surface area contributed by atoms with Gasteiger partial charge in [0.2, 0.25) is 0 Å². The third-order valence-corrected chi connectivity index (χ3v) is 3.23. The predicted molar refractivity (Wildman–Crippen MR) is 75.9 cm³/mol. The molecular formula is C13H15BrN4O. The molecule has 0 fully saturated rings. The predicted octanol–water partition coefficient (Wildman–Crippen LogP) is 2.24. The maximum atomic E-state index is 11.8. The lowest BCUT2D eigenvalue weighted by Gasteiger charge is -2.04. The molecule has 0 radical (unpaired) electrons. The number of aromatic amines is 1. The SMILES string of the molecule is Cc1[nH]ncc1CCCNC(=O)c1cccc(Br)n1. The third-order valence-electron chi connectivity index (χ3n) is 2.79. The van der Waals surface area contributed by atoms with Crippen LogP contribution in [0.25, 0.3) is 0 Å². The summed E-state index contributed by atoms with van der Waals surface area (Å²) in [6.45, 7) is 2.62. The van der Waals surface area contributed by atoms with Crippen LogP contribution in [0.1, 0.15) is 28.2 Å². The van der Waals surface area contributed by atoms with Crippen LogP contribution in [0, 0.1) is 6.92 Å². The van der Waals surface area contributed by atoms with Crippen LogP contribution in [0.5, 0.6) is 0 Å². The van der Waals surface area contributed by atoms with E-state index in [-0.39, 0.29) is 5.91 Å². The molecule has 0 saturated carbocycles. The van der Waals surface area contributed by atoms with E-state index < -0.39 is 0 Å². The molecule has 0 saturated heterocycles. The van der Waals surface area contributed by atoms with E-state index in [4.69, 9.17) is 0 Å². The van der Waals surface area contributed by atoms with Crippen molar-refractivity contribution in [3.63, 3.8) is 0 Å². The summed E-state index contributed by atoms with van der Waals surface area (Å²) in [7, 11) is 0. The molecule has 6 heteroatoms. The average molecular weight is 323 g/mol. The zero-order valence-electron chi connectivity index (χ0n) is 10.6. The van der Waals surface area contributed by atoms with Gasteiger partial charge in [-0.2, -0.15) is 5.10 Å². The third kappa shape index (κ3) is 3.89. The van der Waals surface area contributed by atoms with Crippen molar-refractivity contribution < 1.29 is 4.79 Å². The number of aryl methyl sites for hydroxylation is 2. The van der Waals surface area contributed by atoms with Crippen molar-refractivity contribution in [2.75, 3.05) is 6.54 Å². The molecule has 5 nitrogen and oxygen atoms in total. The zero-order valence-corrected chi connectivity index (χ0v) is 12.2. The maximum Gasteiger partial charge on any atom is 0.269 e. The van der Waals surface area contributed by atoms with Gasteiger partial charge in [-0.3, -0.25) is 9.89 Å². The Hall–Kier alpha value is -1.69. The van der Waals surface area contributed by atoms with Crippen molar-refractivity contribution in [1.82, 2.24) is 20.5 Å². The minimum atomic E-state index is -0.148. The van der Waals surface area contributed by atoms with Gasteiger partial charge in [0, 0.05) is 12.2 Å². The molecule has 2 aromatic heterocycles. The Morgan fingerprint density at radius 3 is 3.00 bits per heavy atom. The lowest BCUT2D eigenvalue weighted by Crippen LogP contribution is -2.25. The fraction of sp³-hybridized carbons (Fsp3) is 0.308. The number of amides is 1. The molecule has 0 unspecified atom stereocenters. The Balaban J connectivity index is 1.77. The minimum Gasteiger partial charge on any atom is -0.351 e. The normalized spacial score (nSPS) is 10.4. The van der Waals surface area contributed by atoms with E-state index in [0.29, 0.717) is 16.8 Å². The number of aromatic nitrogens is 3. The summed E-state index contributed by atoms with van der Waals surface area (Å²) >= 11 is 3.24. The second-order valence-electron chi connectivity index (χ2n) is 4.23. The Bertz CT molecular complexity index is 567. The first-order valence-corrected chi connectivity index (χ1v) is 6.85. The highest BCUT2D eigenvalue weighted by Crippen LogP contribution is 2.07. The Morgan fingerprint density at radius 1 is 1.47 bits per heavy atom. The second kappa shape index (κ2) is 6.47. The van der Waals surface area contributed by atoms with Crippen LogP contribution >= 0.6 is 15.9 Å². The van der Waals surface area contributed by atoms with Crippen molar-refractivity contribution in [1.29, 1.82) is 0 Å². The van der Waals surface area contributed by atoms with Crippen LogP contribution < -0.4 is 5.32 Å². The number of nitrogens with zero attached hydrogens (tertiary/aromatic N) is 2. The molecule has 0 spiro atoms. The van der Waals surface area contributed by atoms with Gasteiger partial charge in [0.15, 0.2) is 0 Å². The molecule has 100 valence electrons. The van der Waals surface area contributed by atoms with E-state index >= 15 is 0 Å². The molecule has 1 amide bonds. The zero-order chi connectivity index (χ0) is 13.7. The van der Waals surface area contributed by atoms with Gasteiger partial charge in [-0.15, -0.1) is 0 Å². The minimum absolute atomic E-state index is 0.148. The van der Waals surface area contributed by atoms with E-state index in [0.717, 1.165) is 18.5 Å². The van der Waals surface area contributed by atoms with Gasteiger partial charge in [-0.25, -0.2) is 4.98 Å². The fourth-order valence-corrected chi connectivity index (χ4v) is 2.08. The van der Waals surface area contributed by atoms with Crippen molar-refractivity contribution in [2.24, 2.45) is 0 Å². The van der Waals surface area contributed by atoms with Crippen molar-refractivity contribution in [3.05, 3.63) is 46.0 Å². The molecule has 0 aliphatic rings. The summed E-state index contributed by atoms with van der Waals surface area (Å²) in [5, 5.41) is 9.72. The molecule has 2 N–H and O–H groups in total. The van der Waals surface area contributed by atoms with E-state index in [2.05, 4.69) is 36.4 Å². The molecule has 2 aromatic rings. The number of H-pyrrole nitrogens is 1. The topological polar surface area (TPSA) is 70.7 Å². The van der Waals surface area contributed by atoms with E-state index in [9.17, 15) is 4.79 Å². The lowest BCUT2D eigenvalue weighted by molar-refractivity contribution is 0.0948. The first kappa shape index (κ1) is 13.7. The summed E-state index contributed by atoms with van der Waals surface area (Å²) in [4.78, 5) is 15.9. The monoisotopic (exact) mass is 322 g/mol. The van der Waals surface area contributed by atoms with Gasteiger partial charge in [-0.1, -0.05) is 6.07 Å². The van der Waals surface area contributed by atoms with Crippen molar-refractivity contribution >= 4 is 21.8 Å². The molecule has 0 aliphatic heterocycles. The maximum absolute atomic E-state index is 11.8. The van der Waals surface area contributed by atoms with Gasteiger partial charge < -0.3 is 5.32 Å². The Morgan fingerprint density at radius 2 is 2.32 bits per heavy atom. The van der Waals surface area contributed by atoms with Gasteiger partial charge in [-0.05, 0) is 53.4 Å². The summed E-state index contributed by atoms with van der Waals surface area (Å²) in [5.41, 5.74) is 2.70. The van der Waals surface area contributed by atoms with Gasteiger partial charge in [0.05, 0.1) is 6.20 Å².